The number of hydrogen-bond acceptors (Lipinski definition) is 6. The highest BCUT2D eigenvalue weighted by atomic mass is 32.2. The van der Waals surface area contributed by atoms with Crippen molar-refractivity contribution in [3.8, 4) is 5.75 Å². The third kappa shape index (κ3) is 3.87. The Morgan fingerprint density at radius 1 is 1.23 bits per heavy atom. The van der Waals surface area contributed by atoms with Gasteiger partial charge in [0, 0.05) is 0 Å². The van der Waals surface area contributed by atoms with E-state index in [9.17, 15) is 18.0 Å². The van der Waals surface area contributed by atoms with E-state index in [1.54, 1.807) is 24.3 Å². The summed E-state index contributed by atoms with van der Waals surface area (Å²) >= 11 is 0.991. The topological polar surface area (TPSA) is 81.4 Å². The van der Waals surface area contributed by atoms with E-state index < -0.39 is 12.0 Å². The number of aromatic nitrogens is 4. The summed E-state index contributed by atoms with van der Waals surface area (Å²) in [6.45, 7) is 0. The predicted molar refractivity (Wildman–Crippen MR) is 88.1 cm³/mol. The molecule has 26 heavy (non-hydrogen) atoms. The molecule has 0 spiro atoms. The molecular formula is C15H12F3N5O2S. The Balaban J connectivity index is 1.70. The number of nitrogens with zero attached hydrogens (tertiary/aromatic N) is 4. The summed E-state index contributed by atoms with van der Waals surface area (Å²) in [4.78, 5) is 12.1. The Kier molecular flexibility index (Phi) is 4.98. The van der Waals surface area contributed by atoms with Crippen LogP contribution in [0.25, 0.3) is 5.65 Å². The van der Waals surface area contributed by atoms with E-state index in [1.165, 1.54) is 19.2 Å². The number of para-hydroxylation sites is 2. The highest BCUT2D eigenvalue weighted by molar-refractivity contribution is 7.99. The second kappa shape index (κ2) is 7.20. The monoisotopic (exact) mass is 383 g/mol. The van der Waals surface area contributed by atoms with Gasteiger partial charge in [-0.1, -0.05) is 23.9 Å². The first kappa shape index (κ1) is 18.0. The number of rotatable bonds is 5. The Hall–Kier alpha value is -2.82. The minimum absolute atomic E-state index is 0.0276. The minimum Gasteiger partial charge on any atom is -0.495 e. The fourth-order valence-corrected chi connectivity index (χ4v) is 2.75. The quantitative estimate of drug-likeness (QED) is 0.683. The molecule has 0 unspecified atom stereocenters. The zero-order valence-electron chi connectivity index (χ0n) is 13.3. The smallest absolute Gasteiger partial charge is 0.453 e. The SMILES string of the molecule is COc1ccccc1NC(=O)CSc1ccc2nnc(C(F)(F)F)n2n1. The lowest BCUT2D eigenvalue weighted by Gasteiger charge is -2.09. The number of ether oxygens (including phenoxy) is 1. The van der Waals surface area contributed by atoms with Gasteiger partial charge < -0.3 is 10.1 Å². The third-order valence-electron chi connectivity index (χ3n) is 3.22. The molecule has 0 aliphatic heterocycles. The number of carbonyl (C=O) groups excluding carboxylic acids is 1. The zero-order chi connectivity index (χ0) is 18.7. The van der Waals surface area contributed by atoms with Gasteiger partial charge in [0.2, 0.25) is 5.91 Å². The van der Waals surface area contributed by atoms with Crippen LogP contribution in [0.4, 0.5) is 18.9 Å². The summed E-state index contributed by atoms with van der Waals surface area (Å²) in [6.07, 6.45) is -4.67. The lowest BCUT2D eigenvalue weighted by Crippen LogP contribution is -2.15. The Bertz CT molecular complexity index is 944. The largest absolute Gasteiger partial charge is 0.495 e. The lowest BCUT2D eigenvalue weighted by atomic mass is 10.3. The molecule has 0 atom stereocenters. The van der Waals surface area contributed by atoms with Crippen LogP contribution in [0.3, 0.4) is 0 Å². The van der Waals surface area contributed by atoms with E-state index >= 15 is 0 Å². The number of nitrogens with one attached hydrogen (secondary N) is 1. The van der Waals surface area contributed by atoms with E-state index in [0.717, 1.165) is 11.8 Å². The third-order valence-corrected chi connectivity index (χ3v) is 4.14. The number of carbonyl (C=O) groups is 1. The van der Waals surface area contributed by atoms with Crippen LogP contribution in [-0.2, 0) is 11.0 Å². The number of anilines is 1. The van der Waals surface area contributed by atoms with E-state index in [2.05, 4.69) is 20.6 Å². The molecule has 0 saturated carbocycles. The van der Waals surface area contributed by atoms with Crippen LogP contribution < -0.4 is 10.1 Å². The average Bonchev–Trinajstić information content (AvgIpc) is 3.04. The summed E-state index contributed by atoms with van der Waals surface area (Å²) in [5, 5.41) is 13.3. The maximum Gasteiger partial charge on any atom is 0.453 e. The minimum atomic E-state index is -4.67. The second-order valence-electron chi connectivity index (χ2n) is 5.00. The first-order valence-corrected chi connectivity index (χ1v) is 8.22. The summed E-state index contributed by atoms with van der Waals surface area (Å²) < 4.78 is 44.3. The Labute approximate surface area is 149 Å². The normalized spacial score (nSPS) is 11.5. The molecule has 1 N–H and O–H groups in total. The molecule has 0 bridgehead atoms. The van der Waals surface area contributed by atoms with Crippen molar-refractivity contribution in [2.45, 2.75) is 11.2 Å². The molecule has 1 amide bonds. The Morgan fingerprint density at radius 2 is 2.00 bits per heavy atom. The fraction of sp³-hybridized carbons (Fsp3) is 0.200. The molecule has 1 aromatic carbocycles. The molecule has 3 rings (SSSR count). The van der Waals surface area contributed by atoms with Gasteiger partial charge in [0.15, 0.2) is 5.65 Å². The van der Waals surface area contributed by atoms with Crippen molar-refractivity contribution in [3.05, 3.63) is 42.2 Å². The summed E-state index contributed by atoms with van der Waals surface area (Å²) in [7, 11) is 1.48. The van der Waals surface area contributed by atoms with Crippen LogP contribution in [0.1, 0.15) is 5.82 Å². The maximum absolute atomic E-state index is 12.9. The summed E-state index contributed by atoms with van der Waals surface area (Å²) in [5.41, 5.74) is 0.474. The van der Waals surface area contributed by atoms with Crippen molar-refractivity contribution < 1.29 is 22.7 Å². The van der Waals surface area contributed by atoms with E-state index in [-0.39, 0.29) is 22.3 Å². The second-order valence-corrected chi connectivity index (χ2v) is 6.00. The van der Waals surface area contributed by atoms with Crippen LogP contribution in [0.2, 0.25) is 0 Å². The Morgan fingerprint density at radius 3 is 2.73 bits per heavy atom. The van der Waals surface area contributed by atoms with Crippen LogP contribution >= 0.6 is 11.8 Å². The molecule has 0 radical (unpaired) electrons. The molecule has 11 heteroatoms. The van der Waals surface area contributed by atoms with Gasteiger partial charge in [0.25, 0.3) is 5.82 Å². The van der Waals surface area contributed by atoms with Crippen molar-refractivity contribution in [2.75, 3.05) is 18.2 Å². The van der Waals surface area contributed by atoms with Crippen LogP contribution in [-0.4, -0.2) is 38.6 Å². The molecule has 0 saturated heterocycles. The van der Waals surface area contributed by atoms with E-state index in [0.29, 0.717) is 16.0 Å². The maximum atomic E-state index is 12.9. The van der Waals surface area contributed by atoms with Gasteiger partial charge in [-0.15, -0.1) is 10.2 Å². The fourth-order valence-electron chi connectivity index (χ4n) is 2.10. The molecule has 0 fully saturated rings. The number of amides is 1. The molecule has 2 aromatic heterocycles. The number of hydrogen-bond donors (Lipinski definition) is 1. The molecule has 7 nitrogen and oxygen atoms in total. The van der Waals surface area contributed by atoms with Gasteiger partial charge >= 0.3 is 6.18 Å². The summed E-state index contributed by atoms with van der Waals surface area (Å²) in [5.74, 6) is -1.10. The average molecular weight is 383 g/mol. The number of benzene rings is 1. The van der Waals surface area contributed by atoms with Crippen LogP contribution in [0.15, 0.2) is 41.4 Å². The standard InChI is InChI=1S/C15H12F3N5O2S/c1-25-10-5-3-2-4-9(10)19-12(24)8-26-13-7-6-11-20-21-14(15(16,17)18)23(11)22-13/h2-7H,8H2,1H3,(H,19,24). The van der Waals surface area contributed by atoms with E-state index in [1.807, 2.05) is 0 Å². The van der Waals surface area contributed by atoms with Crippen molar-refractivity contribution in [2.24, 2.45) is 0 Å². The van der Waals surface area contributed by atoms with Crippen molar-refractivity contribution in [1.82, 2.24) is 19.8 Å². The molecule has 0 aliphatic carbocycles. The van der Waals surface area contributed by atoms with Crippen LogP contribution in [0, 0.1) is 0 Å². The van der Waals surface area contributed by atoms with Crippen molar-refractivity contribution in [3.63, 3.8) is 0 Å². The molecule has 0 aliphatic rings. The van der Waals surface area contributed by atoms with Gasteiger partial charge in [0.05, 0.1) is 18.6 Å². The van der Waals surface area contributed by atoms with Gasteiger partial charge in [-0.05, 0) is 24.3 Å². The predicted octanol–water partition coefficient (Wildman–Crippen LogP) is 2.88. The highest BCUT2D eigenvalue weighted by Gasteiger charge is 2.37. The molecule has 3 aromatic rings. The molecule has 136 valence electrons. The van der Waals surface area contributed by atoms with Gasteiger partial charge in [-0.25, -0.2) is 0 Å². The number of fused-ring (bicyclic) bond motifs is 1. The molecular weight excluding hydrogens is 371 g/mol. The first-order valence-electron chi connectivity index (χ1n) is 7.24. The van der Waals surface area contributed by atoms with E-state index in [4.69, 9.17) is 4.74 Å². The number of methoxy groups -OCH3 is 1. The number of alkyl halides is 3. The number of halogens is 3. The van der Waals surface area contributed by atoms with Gasteiger partial charge in [-0.2, -0.15) is 22.8 Å². The van der Waals surface area contributed by atoms with Crippen LogP contribution in [0.5, 0.6) is 5.75 Å². The van der Waals surface area contributed by atoms with Gasteiger partial charge in [0.1, 0.15) is 10.8 Å². The zero-order valence-corrected chi connectivity index (χ0v) is 14.1. The van der Waals surface area contributed by atoms with Gasteiger partial charge in [-0.3, -0.25) is 4.79 Å². The van der Waals surface area contributed by atoms with Crippen molar-refractivity contribution in [1.29, 1.82) is 0 Å². The lowest BCUT2D eigenvalue weighted by molar-refractivity contribution is -0.146. The highest BCUT2D eigenvalue weighted by Crippen LogP contribution is 2.28. The summed E-state index contributed by atoms with van der Waals surface area (Å²) in [6, 6.07) is 9.72. The molecule has 2 heterocycles. The van der Waals surface area contributed by atoms with Crippen molar-refractivity contribution >= 4 is 29.0 Å². The number of thioether (sulfide) groups is 1. The first-order chi connectivity index (χ1) is 12.4.